The van der Waals surface area contributed by atoms with E-state index >= 15 is 0 Å². The summed E-state index contributed by atoms with van der Waals surface area (Å²) < 4.78 is 6.08. The molecule has 1 heteroatoms. The molecule has 0 radical (unpaired) electrons. The zero-order valence-corrected chi connectivity index (χ0v) is 7.88. The van der Waals surface area contributed by atoms with Gasteiger partial charge in [0.25, 0.3) is 0 Å². The van der Waals surface area contributed by atoms with E-state index in [1.165, 1.54) is 38.5 Å². The molecule has 2 aliphatic carbocycles. The van der Waals surface area contributed by atoms with Crippen LogP contribution in [0.15, 0.2) is 0 Å². The van der Waals surface area contributed by atoms with Gasteiger partial charge in [0.2, 0.25) is 0 Å². The standard InChI is InChI=1S/C11H18O/c1-8-4-5-9-10(8)11(12-9)6-2-3-7-11/h8-10H,2-7H2,1H3. The van der Waals surface area contributed by atoms with Crippen LogP contribution in [0.2, 0.25) is 0 Å². The van der Waals surface area contributed by atoms with E-state index in [-0.39, 0.29) is 0 Å². The van der Waals surface area contributed by atoms with Gasteiger partial charge in [-0.05, 0) is 31.6 Å². The third-order valence-electron chi connectivity index (χ3n) is 4.36. The number of rotatable bonds is 0. The molecule has 1 saturated heterocycles. The monoisotopic (exact) mass is 166 g/mol. The Labute approximate surface area is 74.5 Å². The molecule has 0 amide bonds. The highest BCUT2D eigenvalue weighted by Gasteiger charge is 2.60. The molecule has 0 aromatic rings. The van der Waals surface area contributed by atoms with Crippen LogP contribution >= 0.6 is 0 Å². The van der Waals surface area contributed by atoms with Crippen LogP contribution in [0.5, 0.6) is 0 Å². The van der Waals surface area contributed by atoms with E-state index in [1.54, 1.807) is 0 Å². The maximum Gasteiger partial charge on any atom is 0.0741 e. The Morgan fingerprint density at radius 2 is 1.92 bits per heavy atom. The van der Waals surface area contributed by atoms with Gasteiger partial charge in [-0.1, -0.05) is 19.8 Å². The van der Waals surface area contributed by atoms with E-state index in [4.69, 9.17) is 4.74 Å². The van der Waals surface area contributed by atoms with E-state index in [0.717, 1.165) is 11.8 Å². The lowest BCUT2D eigenvalue weighted by atomic mass is 9.73. The fourth-order valence-corrected chi connectivity index (χ4v) is 3.87. The van der Waals surface area contributed by atoms with Gasteiger partial charge in [-0.25, -0.2) is 0 Å². The maximum atomic E-state index is 6.08. The van der Waals surface area contributed by atoms with Crippen LogP contribution in [0.25, 0.3) is 0 Å². The molecule has 1 nitrogen and oxygen atoms in total. The van der Waals surface area contributed by atoms with Crippen molar-refractivity contribution in [3.8, 4) is 0 Å². The van der Waals surface area contributed by atoms with Crippen molar-refractivity contribution in [3.63, 3.8) is 0 Å². The molecule has 1 spiro atoms. The van der Waals surface area contributed by atoms with Crippen LogP contribution in [0, 0.1) is 11.8 Å². The summed E-state index contributed by atoms with van der Waals surface area (Å²) in [6.45, 7) is 2.42. The van der Waals surface area contributed by atoms with Crippen molar-refractivity contribution < 1.29 is 4.74 Å². The van der Waals surface area contributed by atoms with Gasteiger partial charge in [0.05, 0.1) is 11.7 Å². The van der Waals surface area contributed by atoms with Crippen molar-refractivity contribution >= 4 is 0 Å². The third kappa shape index (κ3) is 0.736. The van der Waals surface area contributed by atoms with E-state index < -0.39 is 0 Å². The Bertz CT molecular complexity index is 187. The molecule has 3 unspecified atom stereocenters. The topological polar surface area (TPSA) is 9.23 Å². The smallest absolute Gasteiger partial charge is 0.0741 e. The van der Waals surface area contributed by atoms with Crippen LogP contribution in [-0.2, 0) is 4.74 Å². The molecule has 3 atom stereocenters. The van der Waals surface area contributed by atoms with Gasteiger partial charge in [0.15, 0.2) is 0 Å². The number of hydrogen-bond donors (Lipinski definition) is 0. The molecule has 2 saturated carbocycles. The van der Waals surface area contributed by atoms with Crippen molar-refractivity contribution in [2.24, 2.45) is 11.8 Å². The largest absolute Gasteiger partial charge is 0.371 e. The van der Waals surface area contributed by atoms with Gasteiger partial charge in [-0.2, -0.15) is 0 Å². The maximum absolute atomic E-state index is 6.08. The number of fused-ring (bicyclic) bond motifs is 2. The lowest BCUT2D eigenvalue weighted by Gasteiger charge is -2.52. The second-order valence-corrected chi connectivity index (χ2v) is 5.01. The Balaban J connectivity index is 1.83. The van der Waals surface area contributed by atoms with Gasteiger partial charge >= 0.3 is 0 Å². The average molecular weight is 166 g/mol. The lowest BCUT2D eigenvalue weighted by molar-refractivity contribution is -0.252. The number of ether oxygens (including phenoxy) is 1. The molecule has 3 fully saturated rings. The van der Waals surface area contributed by atoms with Gasteiger partial charge in [0, 0.05) is 5.92 Å². The summed E-state index contributed by atoms with van der Waals surface area (Å²) in [5, 5.41) is 0. The molecule has 3 rings (SSSR count). The molecule has 0 N–H and O–H groups in total. The lowest BCUT2D eigenvalue weighted by Crippen LogP contribution is -2.57. The minimum atomic E-state index is 0.389. The summed E-state index contributed by atoms with van der Waals surface area (Å²) in [5.41, 5.74) is 0.389. The highest BCUT2D eigenvalue weighted by molar-refractivity contribution is 5.08. The molecule has 12 heavy (non-hydrogen) atoms. The second-order valence-electron chi connectivity index (χ2n) is 5.01. The zero-order chi connectivity index (χ0) is 8.18. The SMILES string of the molecule is CC1CCC2OC3(CCCC3)C12. The summed E-state index contributed by atoms with van der Waals surface area (Å²) in [5.74, 6) is 1.89. The number of hydrogen-bond acceptors (Lipinski definition) is 1. The Hall–Kier alpha value is -0.0400. The van der Waals surface area contributed by atoms with Crippen LogP contribution < -0.4 is 0 Å². The van der Waals surface area contributed by atoms with Crippen molar-refractivity contribution in [1.29, 1.82) is 0 Å². The first kappa shape index (κ1) is 7.37. The molecular formula is C11H18O. The van der Waals surface area contributed by atoms with Gasteiger partial charge in [-0.3, -0.25) is 0 Å². The molecule has 68 valence electrons. The minimum absolute atomic E-state index is 0.389. The fourth-order valence-electron chi connectivity index (χ4n) is 3.87. The van der Waals surface area contributed by atoms with Crippen molar-refractivity contribution in [1.82, 2.24) is 0 Å². The van der Waals surface area contributed by atoms with E-state index in [1.807, 2.05) is 0 Å². The van der Waals surface area contributed by atoms with Crippen molar-refractivity contribution in [2.45, 2.75) is 57.2 Å². The zero-order valence-electron chi connectivity index (χ0n) is 7.88. The van der Waals surface area contributed by atoms with Gasteiger partial charge < -0.3 is 4.74 Å². The predicted molar refractivity (Wildman–Crippen MR) is 48.0 cm³/mol. The predicted octanol–water partition coefficient (Wildman–Crippen LogP) is 2.74. The van der Waals surface area contributed by atoms with Crippen LogP contribution in [0.3, 0.4) is 0 Å². The summed E-state index contributed by atoms with van der Waals surface area (Å²) in [4.78, 5) is 0. The molecule has 0 aromatic heterocycles. The van der Waals surface area contributed by atoms with Gasteiger partial charge in [-0.15, -0.1) is 0 Å². The average Bonchev–Trinajstić information content (AvgIpc) is 2.54. The quantitative estimate of drug-likeness (QED) is 0.537. The van der Waals surface area contributed by atoms with Gasteiger partial charge in [0.1, 0.15) is 0 Å². The summed E-state index contributed by atoms with van der Waals surface area (Å²) >= 11 is 0. The Morgan fingerprint density at radius 1 is 1.17 bits per heavy atom. The third-order valence-corrected chi connectivity index (χ3v) is 4.36. The summed E-state index contributed by atoms with van der Waals surface area (Å²) in [7, 11) is 0. The molecule has 0 bridgehead atoms. The van der Waals surface area contributed by atoms with Crippen molar-refractivity contribution in [2.75, 3.05) is 0 Å². The van der Waals surface area contributed by atoms with E-state index in [2.05, 4.69) is 6.92 Å². The van der Waals surface area contributed by atoms with Crippen molar-refractivity contribution in [3.05, 3.63) is 0 Å². The minimum Gasteiger partial charge on any atom is -0.371 e. The Morgan fingerprint density at radius 3 is 2.58 bits per heavy atom. The first-order chi connectivity index (χ1) is 5.82. The first-order valence-corrected chi connectivity index (χ1v) is 5.50. The fraction of sp³-hybridized carbons (Fsp3) is 1.00. The summed E-state index contributed by atoms with van der Waals surface area (Å²) in [6.07, 6.45) is 8.96. The van der Waals surface area contributed by atoms with E-state index in [0.29, 0.717) is 11.7 Å². The molecule has 3 aliphatic rings. The first-order valence-electron chi connectivity index (χ1n) is 5.50. The van der Waals surface area contributed by atoms with Crippen LogP contribution in [-0.4, -0.2) is 11.7 Å². The molecular weight excluding hydrogens is 148 g/mol. The normalized spacial score (nSPS) is 49.2. The molecule has 1 aliphatic heterocycles. The highest BCUT2D eigenvalue weighted by Crippen LogP contribution is 2.58. The Kier molecular flexibility index (Phi) is 1.39. The van der Waals surface area contributed by atoms with E-state index in [9.17, 15) is 0 Å². The summed E-state index contributed by atoms with van der Waals surface area (Å²) in [6, 6.07) is 0. The van der Waals surface area contributed by atoms with Crippen LogP contribution in [0.4, 0.5) is 0 Å². The highest BCUT2D eigenvalue weighted by atomic mass is 16.5. The molecule has 0 aromatic carbocycles. The second kappa shape index (κ2) is 2.25. The molecule has 1 heterocycles. The van der Waals surface area contributed by atoms with Crippen LogP contribution in [0.1, 0.15) is 45.4 Å².